The fourth-order valence-corrected chi connectivity index (χ4v) is 0.219. The Kier molecular flexibility index (Phi) is 4.91. The molecule has 0 aromatic rings. The third-order valence-electron chi connectivity index (χ3n) is 0.425. The van der Waals surface area contributed by atoms with Crippen LogP contribution in [0.3, 0.4) is 0 Å². The summed E-state index contributed by atoms with van der Waals surface area (Å²) in [6, 6.07) is 0. The summed E-state index contributed by atoms with van der Waals surface area (Å²) in [6.45, 7) is 0. The van der Waals surface area contributed by atoms with Gasteiger partial charge in [-0.1, -0.05) is 0 Å². The molecule has 0 unspecified atom stereocenters. The molecule has 1 aliphatic heterocycles. The maximum atomic E-state index is 4.58. The second kappa shape index (κ2) is 4.61. The van der Waals surface area contributed by atoms with Gasteiger partial charge in [0.25, 0.3) is 0 Å². The molecule has 0 saturated heterocycles. The second-order valence-electron chi connectivity index (χ2n) is 0.816. The predicted molar refractivity (Wildman–Crippen MR) is 20.4 cm³/mol. The summed E-state index contributed by atoms with van der Waals surface area (Å²) in [7, 11) is 0. The zero-order valence-electron chi connectivity index (χ0n) is 3.63. The fourth-order valence-electron chi connectivity index (χ4n) is 0.219. The van der Waals surface area contributed by atoms with Gasteiger partial charge >= 0.3 is 0 Å². The van der Waals surface area contributed by atoms with E-state index >= 15 is 0 Å². The van der Waals surface area contributed by atoms with E-state index in [4.69, 9.17) is 0 Å². The van der Waals surface area contributed by atoms with Crippen molar-refractivity contribution < 1.29 is 51.2 Å². The van der Waals surface area contributed by atoms with Crippen molar-refractivity contribution in [3.8, 4) is 0 Å². The van der Waals surface area contributed by atoms with Crippen molar-refractivity contribution >= 4 is 0 Å². The van der Waals surface area contributed by atoms with Crippen molar-refractivity contribution in [2.24, 2.45) is 0 Å². The Bertz CT molecular complexity index is 67.7. The monoisotopic (exact) mass is 224 g/mol. The molecule has 0 aromatic carbocycles. The Morgan fingerprint density at radius 1 is 0.714 bits per heavy atom. The van der Waals surface area contributed by atoms with Gasteiger partial charge in [-0.3, -0.25) is 0 Å². The van der Waals surface area contributed by atoms with Crippen LogP contribution in [0.25, 0.3) is 0 Å². The SMILES string of the molecule is C1=COC=CO1.[Ce]. The Hall–Kier alpha value is 0.457. The van der Waals surface area contributed by atoms with Crippen molar-refractivity contribution in [1.29, 1.82) is 0 Å². The molecule has 0 aromatic heterocycles. The molecular weight excluding hydrogens is 220 g/mol. The maximum Gasteiger partial charge on any atom is 0.125 e. The average Bonchev–Trinajstić information content (AvgIpc) is 1.72. The minimum atomic E-state index is 0. The Morgan fingerprint density at radius 3 is 1.14 bits per heavy atom. The van der Waals surface area contributed by atoms with Gasteiger partial charge in [0, 0.05) is 41.7 Å². The van der Waals surface area contributed by atoms with Crippen LogP contribution in [0, 0.1) is 41.7 Å². The number of ether oxygens (including phenoxy) is 2. The number of rotatable bonds is 0. The molecule has 0 N–H and O–H groups in total. The van der Waals surface area contributed by atoms with Crippen molar-refractivity contribution in [3.63, 3.8) is 0 Å². The minimum absolute atomic E-state index is 0. The molecule has 0 fully saturated rings. The van der Waals surface area contributed by atoms with Gasteiger partial charge in [0.15, 0.2) is 0 Å². The molecular formula is C4H4CeO2. The summed E-state index contributed by atoms with van der Waals surface area (Å²) >= 11 is 0. The molecule has 0 spiro atoms. The first-order chi connectivity index (χ1) is 3.00. The summed E-state index contributed by atoms with van der Waals surface area (Å²) < 4.78 is 9.17. The van der Waals surface area contributed by atoms with Crippen molar-refractivity contribution in [2.75, 3.05) is 0 Å². The van der Waals surface area contributed by atoms with Crippen LogP contribution in [0.5, 0.6) is 0 Å². The minimum Gasteiger partial charge on any atom is -0.466 e. The second-order valence-corrected chi connectivity index (χ2v) is 0.816. The molecule has 0 atom stereocenters. The predicted octanol–water partition coefficient (Wildman–Crippen LogP) is 0.976. The molecule has 1 rings (SSSR count). The summed E-state index contributed by atoms with van der Waals surface area (Å²) in [5.41, 5.74) is 0. The maximum absolute atomic E-state index is 4.58. The van der Waals surface area contributed by atoms with Crippen LogP contribution >= 0.6 is 0 Å². The van der Waals surface area contributed by atoms with Crippen LogP contribution in [0.15, 0.2) is 25.0 Å². The van der Waals surface area contributed by atoms with Crippen LogP contribution in [0.2, 0.25) is 0 Å². The zero-order valence-corrected chi connectivity index (χ0v) is 6.77. The van der Waals surface area contributed by atoms with E-state index in [2.05, 4.69) is 9.47 Å². The van der Waals surface area contributed by atoms with E-state index in [1.54, 1.807) is 0 Å². The zero-order chi connectivity index (χ0) is 4.24. The Balaban J connectivity index is 0.000000360. The Morgan fingerprint density at radius 2 is 1.00 bits per heavy atom. The van der Waals surface area contributed by atoms with Crippen LogP contribution in [-0.2, 0) is 9.47 Å². The van der Waals surface area contributed by atoms with E-state index in [1.165, 1.54) is 25.0 Å². The van der Waals surface area contributed by atoms with E-state index in [9.17, 15) is 0 Å². The first-order valence-corrected chi connectivity index (χ1v) is 1.61. The van der Waals surface area contributed by atoms with Gasteiger partial charge in [-0.05, 0) is 0 Å². The van der Waals surface area contributed by atoms with Gasteiger partial charge in [-0.2, -0.15) is 0 Å². The summed E-state index contributed by atoms with van der Waals surface area (Å²) in [5, 5.41) is 0. The van der Waals surface area contributed by atoms with Gasteiger partial charge in [0.05, 0.1) is 0 Å². The van der Waals surface area contributed by atoms with Crippen LogP contribution in [0.4, 0.5) is 0 Å². The molecule has 36 valence electrons. The first-order valence-electron chi connectivity index (χ1n) is 1.61. The summed E-state index contributed by atoms with van der Waals surface area (Å²) in [4.78, 5) is 0. The smallest absolute Gasteiger partial charge is 0.125 e. The van der Waals surface area contributed by atoms with Crippen LogP contribution in [-0.4, -0.2) is 0 Å². The first kappa shape index (κ1) is 7.46. The molecule has 0 bridgehead atoms. The number of hydrogen-bond donors (Lipinski definition) is 0. The largest absolute Gasteiger partial charge is 0.466 e. The van der Waals surface area contributed by atoms with Crippen molar-refractivity contribution in [3.05, 3.63) is 25.0 Å². The van der Waals surface area contributed by atoms with Gasteiger partial charge < -0.3 is 9.47 Å². The molecule has 0 radical (unpaired) electrons. The van der Waals surface area contributed by atoms with E-state index in [0.29, 0.717) is 0 Å². The van der Waals surface area contributed by atoms with Crippen LogP contribution < -0.4 is 0 Å². The van der Waals surface area contributed by atoms with Gasteiger partial charge in [-0.25, -0.2) is 0 Å². The average molecular weight is 224 g/mol. The van der Waals surface area contributed by atoms with Crippen molar-refractivity contribution in [1.82, 2.24) is 0 Å². The molecule has 1 aliphatic rings. The summed E-state index contributed by atoms with van der Waals surface area (Å²) in [5.74, 6) is 0. The molecule has 0 amide bonds. The van der Waals surface area contributed by atoms with E-state index < -0.39 is 0 Å². The molecule has 0 aliphatic carbocycles. The van der Waals surface area contributed by atoms with Gasteiger partial charge in [0.2, 0.25) is 0 Å². The van der Waals surface area contributed by atoms with Gasteiger partial charge in [-0.15, -0.1) is 0 Å². The van der Waals surface area contributed by atoms with E-state index in [0.717, 1.165) is 0 Å². The third-order valence-corrected chi connectivity index (χ3v) is 0.425. The van der Waals surface area contributed by atoms with Gasteiger partial charge in [0.1, 0.15) is 25.0 Å². The fraction of sp³-hybridized carbons (Fsp3) is 0. The third kappa shape index (κ3) is 3.08. The van der Waals surface area contributed by atoms with Crippen molar-refractivity contribution in [2.45, 2.75) is 0 Å². The topological polar surface area (TPSA) is 18.5 Å². The van der Waals surface area contributed by atoms with E-state index in [-0.39, 0.29) is 41.7 Å². The normalized spacial score (nSPS) is 13.7. The molecule has 3 heteroatoms. The quantitative estimate of drug-likeness (QED) is 0.610. The molecule has 1 heterocycles. The van der Waals surface area contributed by atoms with E-state index in [1.807, 2.05) is 0 Å². The molecule has 0 saturated carbocycles. The number of hydrogen-bond acceptors (Lipinski definition) is 2. The van der Waals surface area contributed by atoms with Crippen LogP contribution in [0.1, 0.15) is 0 Å². The summed E-state index contributed by atoms with van der Waals surface area (Å²) in [6.07, 6.45) is 5.83. The standard InChI is InChI=1S/C4H4O2.Ce/c1-2-6-4-3-5-1;/h1-4H;. The molecule has 7 heavy (non-hydrogen) atoms. The molecule has 2 nitrogen and oxygen atoms in total. The Labute approximate surface area is 75.6 Å².